The molecule has 0 saturated carbocycles. The summed E-state index contributed by atoms with van der Waals surface area (Å²) in [7, 11) is 0. The molecule has 3 heterocycles. The summed E-state index contributed by atoms with van der Waals surface area (Å²) in [6, 6.07) is 0. The Hall–Kier alpha value is -1.33. The average molecular weight is 192 g/mol. The Kier molecular flexibility index (Phi) is 1.62. The third-order valence-corrected chi connectivity index (χ3v) is 2.66. The second-order valence-corrected chi connectivity index (χ2v) is 3.61. The molecule has 3 rings (SSSR count). The number of aliphatic hydroxyl groups excluding tert-OH is 1. The molecule has 2 atom stereocenters. The molecule has 0 amide bonds. The van der Waals surface area contributed by atoms with Crippen molar-refractivity contribution >= 4 is 5.84 Å². The van der Waals surface area contributed by atoms with Gasteiger partial charge in [-0.05, 0) is 25.0 Å². The predicted octanol–water partition coefficient (Wildman–Crippen LogP) is -0.356. The summed E-state index contributed by atoms with van der Waals surface area (Å²) in [6.45, 7) is 0. The molecule has 0 spiro atoms. The van der Waals surface area contributed by atoms with Crippen LogP contribution in [0, 0.1) is 0 Å². The van der Waals surface area contributed by atoms with Gasteiger partial charge in [-0.3, -0.25) is 4.90 Å². The van der Waals surface area contributed by atoms with Crippen LogP contribution in [-0.2, 0) is 0 Å². The van der Waals surface area contributed by atoms with Crippen LogP contribution in [0.25, 0.3) is 0 Å². The summed E-state index contributed by atoms with van der Waals surface area (Å²) in [4.78, 5) is 6.31. The first kappa shape index (κ1) is 8.02. The lowest BCUT2D eigenvalue weighted by atomic mass is 10.2. The number of aliphatic hydroxyl groups is 1. The van der Waals surface area contributed by atoms with Crippen molar-refractivity contribution in [3.8, 4) is 0 Å². The van der Waals surface area contributed by atoms with E-state index in [2.05, 4.69) is 20.7 Å². The standard InChI is InChI=1S/C9H12N4O/c14-9-5-4-8-12-11-7-3-1-2-6(10-9)13(7)8/h1-3,8-9,11-12,14H,4-5H2. The lowest BCUT2D eigenvalue weighted by Gasteiger charge is -2.24. The number of rotatable bonds is 0. The van der Waals surface area contributed by atoms with Crippen molar-refractivity contribution in [2.24, 2.45) is 4.99 Å². The zero-order chi connectivity index (χ0) is 9.54. The first-order chi connectivity index (χ1) is 6.84. The molecule has 0 aromatic heterocycles. The molecule has 2 unspecified atom stereocenters. The molecule has 5 nitrogen and oxygen atoms in total. The average Bonchev–Trinajstić information content (AvgIpc) is 2.51. The van der Waals surface area contributed by atoms with Gasteiger partial charge < -0.3 is 10.5 Å². The van der Waals surface area contributed by atoms with Crippen LogP contribution in [-0.4, -0.2) is 28.2 Å². The van der Waals surface area contributed by atoms with Gasteiger partial charge in [0.15, 0.2) is 0 Å². The van der Waals surface area contributed by atoms with Gasteiger partial charge in [0.1, 0.15) is 24.1 Å². The van der Waals surface area contributed by atoms with Crippen molar-refractivity contribution in [3.63, 3.8) is 0 Å². The van der Waals surface area contributed by atoms with Gasteiger partial charge in [-0.2, -0.15) is 0 Å². The maximum Gasteiger partial charge on any atom is 0.147 e. The molecule has 3 aliphatic heterocycles. The van der Waals surface area contributed by atoms with Crippen molar-refractivity contribution in [2.75, 3.05) is 0 Å². The van der Waals surface area contributed by atoms with Gasteiger partial charge in [-0.15, -0.1) is 0 Å². The van der Waals surface area contributed by atoms with Crippen molar-refractivity contribution in [1.82, 2.24) is 15.8 Å². The van der Waals surface area contributed by atoms with Gasteiger partial charge in [-0.25, -0.2) is 10.4 Å². The van der Waals surface area contributed by atoms with Crippen molar-refractivity contribution < 1.29 is 5.11 Å². The Balaban J connectivity index is 2.04. The molecule has 1 fully saturated rings. The highest BCUT2D eigenvalue weighted by Crippen LogP contribution is 2.23. The highest BCUT2D eigenvalue weighted by molar-refractivity contribution is 5.96. The number of hydrazine groups is 1. The van der Waals surface area contributed by atoms with Crippen LogP contribution in [0.15, 0.2) is 29.0 Å². The Bertz CT molecular complexity index is 347. The quantitative estimate of drug-likeness (QED) is 0.491. The van der Waals surface area contributed by atoms with Crippen molar-refractivity contribution in [1.29, 1.82) is 0 Å². The van der Waals surface area contributed by atoms with E-state index in [1.54, 1.807) is 0 Å². The minimum atomic E-state index is -0.568. The molecule has 14 heavy (non-hydrogen) atoms. The van der Waals surface area contributed by atoms with Gasteiger partial charge in [0.05, 0.1) is 0 Å². The molecule has 0 radical (unpaired) electrons. The Morgan fingerprint density at radius 3 is 3.36 bits per heavy atom. The number of nitrogens with one attached hydrogen (secondary N) is 2. The normalized spacial score (nSPS) is 34.2. The van der Waals surface area contributed by atoms with E-state index in [0.29, 0.717) is 6.42 Å². The third kappa shape index (κ3) is 1.06. The summed E-state index contributed by atoms with van der Waals surface area (Å²) < 4.78 is 0. The Morgan fingerprint density at radius 2 is 2.43 bits per heavy atom. The van der Waals surface area contributed by atoms with Gasteiger partial charge in [0.25, 0.3) is 0 Å². The van der Waals surface area contributed by atoms with Crippen LogP contribution in [0.5, 0.6) is 0 Å². The number of hydrogen-bond donors (Lipinski definition) is 3. The van der Waals surface area contributed by atoms with Gasteiger partial charge in [0.2, 0.25) is 0 Å². The molecular formula is C9H12N4O. The van der Waals surface area contributed by atoms with Crippen molar-refractivity contribution in [3.05, 3.63) is 24.0 Å². The number of nitrogens with zero attached hydrogens (tertiary/aromatic N) is 2. The maximum absolute atomic E-state index is 9.54. The molecule has 0 aliphatic carbocycles. The summed E-state index contributed by atoms with van der Waals surface area (Å²) >= 11 is 0. The van der Waals surface area contributed by atoms with Crippen LogP contribution in [0.1, 0.15) is 12.8 Å². The van der Waals surface area contributed by atoms with Crippen LogP contribution in [0.3, 0.4) is 0 Å². The summed E-state index contributed by atoms with van der Waals surface area (Å²) in [5, 5.41) is 9.54. The van der Waals surface area contributed by atoms with E-state index >= 15 is 0 Å². The summed E-state index contributed by atoms with van der Waals surface area (Å²) in [5.41, 5.74) is 6.26. The molecular weight excluding hydrogens is 180 g/mol. The minimum Gasteiger partial charge on any atom is -0.372 e. The first-order valence-corrected chi connectivity index (χ1v) is 4.79. The second-order valence-electron chi connectivity index (χ2n) is 3.61. The molecule has 74 valence electrons. The topological polar surface area (TPSA) is 59.9 Å². The van der Waals surface area contributed by atoms with E-state index in [0.717, 1.165) is 18.1 Å². The van der Waals surface area contributed by atoms with E-state index < -0.39 is 6.23 Å². The summed E-state index contributed by atoms with van der Waals surface area (Å²) in [5.74, 6) is 1.83. The lowest BCUT2D eigenvalue weighted by molar-refractivity contribution is 0.169. The van der Waals surface area contributed by atoms with E-state index in [9.17, 15) is 5.11 Å². The largest absolute Gasteiger partial charge is 0.372 e. The highest BCUT2D eigenvalue weighted by Gasteiger charge is 2.33. The van der Waals surface area contributed by atoms with Gasteiger partial charge in [-0.1, -0.05) is 6.08 Å². The van der Waals surface area contributed by atoms with Crippen molar-refractivity contribution in [2.45, 2.75) is 25.2 Å². The number of amidine groups is 1. The predicted molar refractivity (Wildman–Crippen MR) is 51.8 cm³/mol. The van der Waals surface area contributed by atoms with Crippen LogP contribution < -0.4 is 10.9 Å². The molecule has 0 bridgehead atoms. The maximum atomic E-state index is 9.54. The minimum absolute atomic E-state index is 0.210. The fourth-order valence-corrected chi connectivity index (χ4v) is 1.99. The Morgan fingerprint density at radius 1 is 1.50 bits per heavy atom. The fourth-order valence-electron chi connectivity index (χ4n) is 1.99. The first-order valence-electron chi connectivity index (χ1n) is 4.79. The molecule has 1 saturated heterocycles. The van der Waals surface area contributed by atoms with Crippen LogP contribution in [0.2, 0.25) is 0 Å². The lowest BCUT2D eigenvalue weighted by Crippen LogP contribution is -2.38. The van der Waals surface area contributed by atoms with Gasteiger partial charge in [0, 0.05) is 0 Å². The molecule has 3 aliphatic rings. The monoisotopic (exact) mass is 192 g/mol. The zero-order valence-electron chi connectivity index (χ0n) is 7.64. The highest BCUT2D eigenvalue weighted by atomic mass is 16.3. The number of aliphatic imine (C=N–C) groups is 1. The Labute approximate surface area is 81.8 Å². The molecule has 0 aromatic rings. The number of allylic oxidation sites excluding steroid dienone is 2. The number of hydrogen-bond acceptors (Lipinski definition) is 5. The van der Waals surface area contributed by atoms with Crippen LogP contribution >= 0.6 is 0 Å². The summed E-state index contributed by atoms with van der Waals surface area (Å²) in [6.07, 6.45) is 7.05. The fraction of sp³-hybridized carbons (Fsp3) is 0.444. The van der Waals surface area contributed by atoms with E-state index in [1.807, 2.05) is 18.2 Å². The van der Waals surface area contributed by atoms with Gasteiger partial charge >= 0.3 is 0 Å². The smallest absolute Gasteiger partial charge is 0.147 e. The SMILES string of the molecule is OC1CCC2NNC3=CC=CC(=N1)N32. The van der Waals surface area contributed by atoms with Crippen LogP contribution in [0.4, 0.5) is 0 Å². The second kappa shape index (κ2) is 2.83. The molecule has 5 heteroatoms. The van der Waals surface area contributed by atoms with E-state index in [-0.39, 0.29) is 6.17 Å². The molecule has 0 aromatic carbocycles. The zero-order valence-corrected chi connectivity index (χ0v) is 7.64. The van der Waals surface area contributed by atoms with E-state index in [1.165, 1.54) is 0 Å². The molecule has 3 N–H and O–H groups in total. The van der Waals surface area contributed by atoms with E-state index in [4.69, 9.17) is 0 Å². The third-order valence-electron chi connectivity index (χ3n) is 2.66.